The second kappa shape index (κ2) is 5.21. The van der Waals surface area contributed by atoms with Crippen molar-refractivity contribution in [1.29, 1.82) is 0 Å². The molecule has 2 saturated heterocycles. The summed E-state index contributed by atoms with van der Waals surface area (Å²) in [6, 6.07) is 7.76. The van der Waals surface area contributed by atoms with Crippen LogP contribution in [0.4, 0.5) is 5.69 Å². The fourth-order valence-electron chi connectivity index (χ4n) is 2.98. The molecule has 19 heavy (non-hydrogen) atoms. The molecule has 0 aliphatic carbocycles. The third-order valence-electron chi connectivity index (χ3n) is 4.06. The number of rotatable bonds is 3. The Morgan fingerprint density at radius 2 is 1.95 bits per heavy atom. The molecule has 0 saturated carbocycles. The number of amides is 1. The third-order valence-corrected chi connectivity index (χ3v) is 4.06. The average Bonchev–Trinajstić information content (AvgIpc) is 2.76. The van der Waals surface area contributed by atoms with Crippen LogP contribution in [0.2, 0.25) is 0 Å². The Morgan fingerprint density at radius 3 is 2.63 bits per heavy atom. The van der Waals surface area contributed by atoms with Crippen molar-refractivity contribution >= 4 is 11.6 Å². The smallest absolute Gasteiger partial charge is 0.223 e. The Labute approximate surface area is 113 Å². The van der Waals surface area contributed by atoms with Crippen LogP contribution in [-0.2, 0) is 16.0 Å². The zero-order valence-electron chi connectivity index (χ0n) is 11.0. The second-order valence-corrected chi connectivity index (χ2v) is 5.45. The Balaban J connectivity index is 1.56. The van der Waals surface area contributed by atoms with Crippen LogP contribution < -0.4 is 5.73 Å². The molecular formula is C15H20N2O2. The number of para-hydroxylation sites is 1. The summed E-state index contributed by atoms with van der Waals surface area (Å²) in [4.78, 5) is 14.2. The molecule has 1 aromatic rings. The maximum absolute atomic E-state index is 12.2. The fraction of sp³-hybridized carbons (Fsp3) is 0.533. The number of hydrogen-bond donors (Lipinski definition) is 1. The fourth-order valence-corrected chi connectivity index (χ4v) is 2.98. The number of morpholine rings is 1. The van der Waals surface area contributed by atoms with Crippen molar-refractivity contribution in [2.75, 3.05) is 18.8 Å². The van der Waals surface area contributed by atoms with Crippen LogP contribution in [0.5, 0.6) is 0 Å². The molecule has 4 heteroatoms. The van der Waals surface area contributed by atoms with Gasteiger partial charge in [0.05, 0.1) is 12.2 Å². The lowest BCUT2D eigenvalue weighted by atomic mass is 10.1. The molecule has 2 bridgehead atoms. The van der Waals surface area contributed by atoms with Crippen LogP contribution in [0.1, 0.15) is 24.8 Å². The second-order valence-electron chi connectivity index (χ2n) is 5.45. The van der Waals surface area contributed by atoms with Gasteiger partial charge in [-0.25, -0.2) is 0 Å². The number of hydrogen-bond acceptors (Lipinski definition) is 3. The number of likely N-dealkylation sites (tertiary alicyclic amines) is 1. The zero-order chi connectivity index (χ0) is 13.2. The predicted octanol–water partition coefficient (Wildman–Crippen LogP) is 1.59. The molecule has 3 rings (SSSR count). The third kappa shape index (κ3) is 2.73. The number of benzene rings is 1. The van der Waals surface area contributed by atoms with E-state index in [1.165, 1.54) is 0 Å². The van der Waals surface area contributed by atoms with Crippen LogP contribution in [0.3, 0.4) is 0 Å². The number of fused-ring (bicyclic) bond motifs is 2. The van der Waals surface area contributed by atoms with Crippen molar-refractivity contribution < 1.29 is 9.53 Å². The van der Waals surface area contributed by atoms with Gasteiger partial charge in [0.25, 0.3) is 0 Å². The Hall–Kier alpha value is -1.55. The largest absolute Gasteiger partial charge is 0.399 e. The molecule has 2 aliphatic heterocycles. The van der Waals surface area contributed by atoms with E-state index in [0.717, 1.165) is 43.6 Å². The lowest BCUT2D eigenvalue weighted by Gasteiger charge is -2.32. The van der Waals surface area contributed by atoms with Crippen LogP contribution in [-0.4, -0.2) is 36.1 Å². The lowest BCUT2D eigenvalue weighted by molar-refractivity contribution is -0.139. The minimum atomic E-state index is 0.225. The van der Waals surface area contributed by atoms with Gasteiger partial charge in [0.15, 0.2) is 0 Å². The highest BCUT2D eigenvalue weighted by Gasteiger charge is 2.35. The number of anilines is 1. The number of carbonyl (C=O) groups excluding carboxylic acids is 1. The Morgan fingerprint density at radius 1 is 1.26 bits per heavy atom. The molecule has 1 amide bonds. The number of ether oxygens (including phenoxy) is 1. The first-order valence-electron chi connectivity index (χ1n) is 6.99. The summed E-state index contributed by atoms with van der Waals surface area (Å²) in [5, 5.41) is 0. The first kappa shape index (κ1) is 12.5. The van der Waals surface area contributed by atoms with E-state index in [1.807, 2.05) is 29.2 Å². The highest BCUT2D eigenvalue weighted by atomic mass is 16.5. The number of nitrogens with two attached hydrogens (primary N) is 1. The van der Waals surface area contributed by atoms with E-state index in [-0.39, 0.29) is 18.1 Å². The Kier molecular flexibility index (Phi) is 3.42. The molecule has 2 aliphatic rings. The van der Waals surface area contributed by atoms with E-state index >= 15 is 0 Å². The van der Waals surface area contributed by atoms with Gasteiger partial charge in [-0.3, -0.25) is 4.79 Å². The Bertz CT molecular complexity index is 463. The van der Waals surface area contributed by atoms with Gasteiger partial charge in [0.1, 0.15) is 0 Å². The molecule has 2 atom stereocenters. The summed E-state index contributed by atoms with van der Waals surface area (Å²) in [6.45, 7) is 1.53. The summed E-state index contributed by atoms with van der Waals surface area (Å²) in [5.41, 5.74) is 7.73. The number of nitrogens with zero attached hydrogens (tertiary/aromatic N) is 1. The van der Waals surface area contributed by atoms with Gasteiger partial charge in [-0.05, 0) is 30.9 Å². The van der Waals surface area contributed by atoms with E-state index in [4.69, 9.17) is 10.5 Å². The minimum absolute atomic E-state index is 0.225. The molecule has 0 radical (unpaired) electrons. The molecule has 0 aromatic heterocycles. The molecule has 2 heterocycles. The molecule has 4 nitrogen and oxygen atoms in total. The molecule has 2 unspecified atom stereocenters. The van der Waals surface area contributed by atoms with Crippen molar-refractivity contribution in [3.8, 4) is 0 Å². The van der Waals surface area contributed by atoms with Gasteiger partial charge in [0, 0.05) is 25.2 Å². The first-order valence-corrected chi connectivity index (χ1v) is 6.99. The van der Waals surface area contributed by atoms with Crippen molar-refractivity contribution in [2.45, 2.75) is 37.9 Å². The van der Waals surface area contributed by atoms with Crippen LogP contribution in [0, 0.1) is 0 Å². The molecule has 0 spiro atoms. The molecule has 102 valence electrons. The SMILES string of the molecule is Nc1ccccc1CCC(=O)N1CC2CCC(C1)O2. The van der Waals surface area contributed by atoms with E-state index in [2.05, 4.69) is 0 Å². The van der Waals surface area contributed by atoms with Crippen molar-refractivity contribution in [1.82, 2.24) is 4.90 Å². The van der Waals surface area contributed by atoms with Crippen molar-refractivity contribution in [3.63, 3.8) is 0 Å². The van der Waals surface area contributed by atoms with Gasteiger partial charge >= 0.3 is 0 Å². The minimum Gasteiger partial charge on any atom is -0.399 e. The van der Waals surface area contributed by atoms with Crippen LogP contribution >= 0.6 is 0 Å². The van der Waals surface area contributed by atoms with Crippen molar-refractivity contribution in [3.05, 3.63) is 29.8 Å². The van der Waals surface area contributed by atoms with Gasteiger partial charge < -0.3 is 15.4 Å². The van der Waals surface area contributed by atoms with Crippen LogP contribution in [0.25, 0.3) is 0 Å². The van der Waals surface area contributed by atoms with Crippen molar-refractivity contribution in [2.24, 2.45) is 0 Å². The monoisotopic (exact) mass is 260 g/mol. The highest BCUT2D eigenvalue weighted by Crippen LogP contribution is 2.26. The normalized spacial score (nSPS) is 25.6. The number of nitrogen functional groups attached to an aromatic ring is 1. The number of aryl methyl sites for hydroxylation is 1. The van der Waals surface area contributed by atoms with Gasteiger partial charge in [-0.1, -0.05) is 18.2 Å². The maximum atomic E-state index is 12.2. The summed E-state index contributed by atoms with van der Waals surface area (Å²) >= 11 is 0. The topological polar surface area (TPSA) is 55.6 Å². The summed E-state index contributed by atoms with van der Waals surface area (Å²) in [6.07, 6.45) is 3.99. The van der Waals surface area contributed by atoms with E-state index in [9.17, 15) is 4.79 Å². The van der Waals surface area contributed by atoms with Crippen LogP contribution in [0.15, 0.2) is 24.3 Å². The maximum Gasteiger partial charge on any atom is 0.223 e. The number of carbonyl (C=O) groups is 1. The van der Waals surface area contributed by atoms with E-state index in [1.54, 1.807) is 0 Å². The molecule has 2 N–H and O–H groups in total. The summed E-state index contributed by atoms with van der Waals surface area (Å²) < 4.78 is 5.75. The summed E-state index contributed by atoms with van der Waals surface area (Å²) in [7, 11) is 0. The molecule has 2 fully saturated rings. The van der Waals surface area contributed by atoms with E-state index < -0.39 is 0 Å². The quantitative estimate of drug-likeness (QED) is 0.840. The highest BCUT2D eigenvalue weighted by molar-refractivity contribution is 5.77. The molecule has 1 aromatic carbocycles. The summed E-state index contributed by atoms with van der Waals surface area (Å²) in [5.74, 6) is 0.225. The predicted molar refractivity (Wildman–Crippen MR) is 73.7 cm³/mol. The molecular weight excluding hydrogens is 240 g/mol. The lowest BCUT2D eigenvalue weighted by Crippen LogP contribution is -2.45. The first-order chi connectivity index (χ1) is 9.22. The van der Waals surface area contributed by atoms with Gasteiger partial charge in [-0.2, -0.15) is 0 Å². The standard InChI is InChI=1S/C15H20N2O2/c16-14-4-2-1-3-11(14)5-8-15(18)17-9-12-6-7-13(10-17)19-12/h1-4,12-13H,5-10,16H2. The van der Waals surface area contributed by atoms with E-state index in [0.29, 0.717) is 6.42 Å². The zero-order valence-corrected chi connectivity index (χ0v) is 11.0. The van der Waals surface area contributed by atoms with Gasteiger partial charge in [-0.15, -0.1) is 0 Å². The van der Waals surface area contributed by atoms with Gasteiger partial charge in [0.2, 0.25) is 5.91 Å². The average molecular weight is 260 g/mol.